The van der Waals surface area contributed by atoms with E-state index in [9.17, 15) is 10.2 Å². The van der Waals surface area contributed by atoms with Crippen LogP contribution in [0.3, 0.4) is 0 Å². The Bertz CT molecular complexity index is 1090. The number of methoxy groups -OCH3 is 2. The van der Waals surface area contributed by atoms with Crippen molar-refractivity contribution in [2.24, 2.45) is 7.05 Å². The summed E-state index contributed by atoms with van der Waals surface area (Å²) in [6.45, 7) is 0. The van der Waals surface area contributed by atoms with E-state index in [1.54, 1.807) is 36.4 Å². The lowest BCUT2D eigenvalue weighted by Gasteiger charge is -2.02. The standard InChI is InChI=1S/C24H19NO4/c1-25-15-19(6-4-17-8-10-21(26)23(13-17)28-2)12-20(16-25)7-5-18-9-11-22(27)24(14-18)29-3/h8-16H,1-3H3,(H-,26,27)/p+1. The molecule has 1 heterocycles. The number of phenolic OH excluding ortho intramolecular Hbond substituents is 2. The van der Waals surface area contributed by atoms with Gasteiger partial charge in [-0.3, -0.25) is 0 Å². The number of ether oxygens (including phenoxy) is 2. The molecule has 5 nitrogen and oxygen atoms in total. The molecule has 0 unspecified atom stereocenters. The molecule has 0 atom stereocenters. The van der Waals surface area contributed by atoms with Gasteiger partial charge in [-0.05, 0) is 42.5 Å². The van der Waals surface area contributed by atoms with Gasteiger partial charge >= 0.3 is 0 Å². The van der Waals surface area contributed by atoms with Gasteiger partial charge < -0.3 is 19.7 Å². The summed E-state index contributed by atoms with van der Waals surface area (Å²) in [5, 5.41) is 19.4. The number of benzene rings is 2. The molecule has 0 saturated carbocycles. The molecule has 5 heteroatoms. The fourth-order valence-electron chi connectivity index (χ4n) is 2.65. The molecule has 3 aromatic rings. The summed E-state index contributed by atoms with van der Waals surface area (Å²) in [6.07, 6.45) is 3.80. The molecule has 0 aliphatic rings. The predicted molar refractivity (Wildman–Crippen MR) is 109 cm³/mol. The Morgan fingerprint density at radius 1 is 0.655 bits per heavy atom. The van der Waals surface area contributed by atoms with Crippen molar-refractivity contribution in [3.8, 4) is 46.7 Å². The van der Waals surface area contributed by atoms with E-state index in [0.717, 1.165) is 22.3 Å². The van der Waals surface area contributed by atoms with Crippen molar-refractivity contribution in [1.29, 1.82) is 0 Å². The monoisotopic (exact) mass is 386 g/mol. The first-order valence-electron chi connectivity index (χ1n) is 8.77. The number of hydrogen-bond donors (Lipinski definition) is 2. The lowest BCUT2D eigenvalue weighted by molar-refractivity contribution is -0.671. The average molecular weight is 386 g/mol. The quantitative estimate of drug-likeness (QED) is 0.525. The fraction of sp³-hybridized carbons (Fsp3) is 0.125. The van der Waals surface area contributed by atoms with E-state index >= 15 is 0 Å². The SMILES string of the molecule is COc1cc(C#Cc2cc(C#Cc3ccc(O)c(OC)c3)c[n+](C)c2)ccc1O. The highest BCUT2D eigenvalue weighted by molar-refractivity contribution is 5.52. The Kier molecular flexibility index (Phi) is 5.92. The molecule has 0 amide bonds. The molecule has 144 valence electrons. The van der Waals surface area contributed by atoms with Gasteiger partial charge in [0.05, 0.1) is 25.3 Å². The Morgan fingerprint density at radius 2 is 1.07 bits per heavy atom. The van der Waals surface area contributed by atoms with Crippen LogP contribution in [0.1, 0.15) is 22.3 Å². The number of nitrogens with zero attached hydrogens (tertiary/aromatic N) is 1. The van der Waals surface area contributed by atoms with Crippen LogP contribution in [0.5, 0.6) is 23.0 Å². The molecule has 0 aliphatic heterocycles. The largest absolute Gasteiger partial charge is 0.504 e. The Balaban J connectivity index is 1.89. The van der Waals surface area contributed by atoms with Crippen LogP contribution in [0.4, 0.5) is 0 Å². The summed E-state index contributed by atoms with van der Waals surface area (Å²) < 4.78 is 12.1. The van der Waals surface area contributed by atoms with Crippen LogP contribution < -0.4 is 14.0 Å². The Hall–Kier alpha value is -4.09. The van der Waals surface area contributed by atoms with Gasteiger partial charge in [-0.2, -0.15) is 0 Å². The summed E-state index contributed by atoms with van der Waals surface area (Å²) in [4.78, 5) is 0. The Labute approximate surface area is 169 Å². The number of rotatable bonds is 2. The van der Waals surface area contributed by atoms with E-state index in [-0.39, 0.29) is 11.5 Å². The van der Waals surface area contributed by atoms with Crippen LogP contribution in [0.15, 0.2) is 54.9 Å². The van der Waals surface area contributed by atoms with Crippen molar-refractivity contribution >= 4 is 0 Å². The van der Waals surface area contributed by atoms with Crippen molar-refractivity contribution in [2.75, 3.05) is 14.2 Å². The van der Waals surface area contributed by atoms with Crippen molar-refractivity contribution in [1.82, 2.24) is 0 Å². The van der Waals surface area contributed by atoms with Gasteiger partial charge in [-0.25, -0.2) is 4.57 Å². The molecule has 1 aromatic heterocycles. The third kappa shape index (κ3) is 5.00. The molecule has 0 bridgehead atoms. The summed E-state index contributed by atoms with van der Waals surface area (Å²) in [5.74, 6) is 13.3. The molecular weight excluding hydrogens is 366 g/mol. The molecule has 2 aromatic carbocycles. The third-order valence-electron chi connectivity index (χ3n) is 4.06. The highest BCUT2D eigenvalue weighted by Crippen LogP contribution is 2.26. The van der Waals surface area contributed by atoms with Crippen molar-refractivity contribution in [3.63, 3.8) is 0 Å². The van der Waals surface area contributed by atoms with Gasteiger partial charge in [-0.15, -0.1) is 0 Å². The minimum absolute atomic E-state index is 0.0765. The molecular formula is C24H20NO4+. The van der Waals surface area contributed by atoms with Crippen molar-refractivity contribution in [3.05, 3.63) is 77.1 Å². The molecule has 29 heavy (non-hydrogen) atoms. The molecule has 0 fully saturated rings. The maximum atomic E-state index is 9.68. The van der Waals surface area contributed by atoms with E-state index in [1.807, 2.05) is 30.1 Å². The number of pyridine rings is 1. The van der Waals surface area contributed by atoms with Crippen molar-refractivity contribution in [2.45, 2.75) is 0 Å². The number of aromatic hydroxyl groups is 2. The Morgan fingerprint density at radius 3 is 1.48 bits per heavy atom. The van der Waals surface area contributed by atoms with Gasteiger partial charge in [0.2, 0.25) is 0 Å². The van der Waals surface area contributed by atoms with Crippen LogP contribution in [0, 0.1) is 23.7 Å². The summed E-state index contributed by atoms with van der Waals surface area (Å²) >= 11 is 0. The molecule has 0 aliphatic carbocycles. The predicted octanol–water partition coefficient (Wildman–Crippen LogP) is 2.74. The van der Waals surface area contributed by atoms with Crippen molar-refractivity contribution < 1.29 is 24.3 Å². The number of aryl methyl sites for hydroxylation is 1. The lowest BCUT2D eigenvalue weighted by atomic mass is 10.1. The zero-order chi connectivity index (χ0) is 20.8. The van der Waals surface area contributed by atoms with Gasteiger partial charge in [0.1, 0.15) is 7.05 Å². The third-order valence-corrected chi connectivity index (χ3v) is 4.06. The smallest absolute Gasteiger partial charge is 0.184 e. The molecule has 0 radical (unpaired) electrons. The normalized spacial score (nSPS) is 9.62. The van der Waals surface area contributed by atoms with Crippen LogP contribution in [0.2, 0.25) is 0 Å². The molecule has 0 spiro atoms. The summed E-state index contributed by atoms with van der Waals surface area (Å²) in [7, 11) is 4.90. The molecule has 2 N–H and O–H groups in total. The average Bonchev–Trinajstić information content (AvgIpc) is 2.72. The van der Waals surface area contributed by atoms with E-state index in [0.29, 0.717) is 11.5 Å². The lowest BCUT2D eigenvalue weighted by Crippen LogP contribution is -2.27. The first-order chi connectivity index (χ1) is 14.0. The maximum absolute atomic E-state index is 9.68. The van der Waals surface area contributed by atoms with Gasteiger partial charge in [-0.1, -0.05) is 23.7 Å². The van der Waals surface area contributed by atoms with Crippen LogP contribution in [-0.2, 0) is 7.05 Å². The first-order valence-corrected chi connectivity index (χ1v) is 8.77. The minimum Gasteiger partial charge on any atom is -0.504 e. The van der Waals surface area contributed by atoms with Gasteiger partial charge in [0.15, 0.2) is 35.4 Å². The number of aromatic nitrogens is 1. The molecule has 0 saturated heterocycles. The second kappa shape index (κ2) is 8.73. The maximum Gasteiger partial charge on any atom is 0.184 e. The van der Waals surface area contributed by atoms with E-state index < -0.39 is 0 Å². The number of phenols is 2. The van der Waals surface area contributed by atoms with E-state index in [2.05, 4.69) is 23.7 Å². The van der Waals surface area contributed by atoms with Crippen LogP contribution >= 0.6 is 0 Å². The fourth-order valence-corrected chi connectivity index (χ4v) is 2.65. The first kappa shape index (κ1) is 19.7. The second-order valence-electron chi connectivity index (χ2n) is 6.25. The van der Waals surface area contributed by atoms with Gasteiger partial charge in [0.25, 0.3) is 0 Å². The second-order valence-corrected chi connectivity index (χ2v) is 6.25. The summed E-state index contributed by atoms with van der Waals surface area (Å²) in [6, 6.07) is 11.8. The van der Waals surface area contributed by atoms with Crippen LogP contribution in [0.25, 0.3) is 0 Å². The molecule has 3 rings (SSSR count). The number of hydrogen-bond acceptors (Lipinski definition) is 4. The van der Waals surface area contributed by atoms with Gasteiger partial charge in [0, 0.05) is 11.1 Å². The van der Waals surface area contributed by atoms with E-state index in [4.69, 9.17) is 9.47 Å². The zero-order valence-electron chi connectivity index (χ0n) is 16.4. The zero-order valence-corrected chi connectivity index (χ0v) is 16.4. The topological polar surface area (TPSA) is 62.8 Å². The van der Waals surface area contributed by atoms with Crippen LogP contribution in [-0.4, -0.2) is 24.4 Å². The highest BCUT2D eigenvalue weighted by atomic mass is 16.5. The van der Waals surface area contributed by atoms with E-state index in [1.165, 1.54) is 14.2 Å². The highest BCUT2D eigenvalue weighted by Gasteiger charge is 2.04. The minimum atomic E-state index is 0.0765. The summed E-state index contributed by atoms with van der Waals surface area (Å²) in [5.41, 5.74) is 3.06.